The van der Waals surface area contributed by atoms with E-state index in [0.717, 1.165) is 10.8 Å². The van der Waals surface area contributed by atoms with Gasteiger partial charge in [0.25, 0.3) is 16.1 Å². The topological polar surface area (TPSA) is 69.7 Å². The molecule has 0 atom stereocenters. The molecule has 0 aromatic heterocycles. The number of allylic oxidation sites excluding steroid dienone is 2. The van der Waals surface area contributed by atoms with Crippen molar-refractivity contribution in [3.63, 3.8) is 0 Å². The number of hydrogen-bond acceptors (Lipinski definition) is 3. The van der Waals surface area contributed by atoms with Crippen LogP contribution < -0.4 is 15.8 Å². The molecule has 1 heterocycles. The molecule has 0 aliphatic carbocycles. The Morgan fingerprint density at radius 1 is 1.12 bits per heavy atom. The van der Waals surface area contributed by atoms with E-state index in [2.05, 4.69) is 24.0 Å². The molecule has 0 unspecified atom stereocenters. The van der Waals surface area contributed by atoms with Crippen molar-refractivity contribution in [1.29, 1.82) is 0 Å². The molecule has 1 aliphatic rings. The lowest BCUT2D eigenvalue weighted by Crippen LogP contribution is -2.52. The molecule has 1 amide bonds. The van der Waals surface area contributed by atoms with Gasteiger partial charge in [0.2, 0.25) is 0 Å². The van der Waals surface area contributed by atoms with Gasteiger partial charge in [-0.25, -0.2) is 0 Å². The van der Waals surface area contributed by atoms with Crippen molar-refractivity contribution in [2.45, 2.75) is 25.2 Å². The van der Waals surface area contributed by atoms with Crippen molar-refractivity contribution < 1.29 is 13.2 Å². The van der Waals surface area contributed by atoms with E-state index >= 15 is 0 Å². The third-order valence-electron chi connectivity index (χ3n) is 6.37. The summed E-state index contributed by atoms with van der Waals surface area (Å²) >= 11 is 0. The molecule has 1 N–H and O–H groups in total. The monoisotopic (exact) mass is 467 g/mol. The summed E-state index contributed by atoms with van der Waals surface area (Å²) in [7, 11) is -0.366. The number of nitrogens with zero attached hydrogens (tertiary/aromatic N) is 2. The highest BCUT2D eigenvalue weighted by molar-refractivity contribution is 7.86. The molecule has 176 valence electrons. The number of amides is 1. The lowest BCUT2D eigenvalue weighted by Gasteiger charge is -2.42. The van der Waals surface area contributed by atoms with Crippen LogP contribution in [0, 0.1) is 0 Å². The van der Waals surface area contributed by atoms with Gasteiger partial charge in [-0.2, -0.15) is 17.0 Å². The van der Waals surface area contributed by atoms with Gasteiger partial charge in [-0.1, -0.05) is 67.3 Å². The SMILES string of the molecule is C=c1c(C(=O)NCC2(c3ccccc3)CCN(S(=O)(=O)N(C)C)CC2)ccc/c1=C/C=C\C. The highest BCUT2D eigenvalue weighted by Gasteiger charge is 2.40. The summed E-state index contributed by atoms with van der Waals surface area (Å²) in [6, 6.07) is 15.6. The zero-order valence-corrected chi connectivity index (χ0v) is 20.4. The number of carbonyl (C=O) groups excluding carboxylic acids is 1. The number of nitrogens with one attached hydrogen (secondary N) is 1. The number of piperidine rings is 1. The summed E-state index contributed by atoms with van der Waals surface area (Å²) in [5.74, 6) is -0.172. The second-order valence-corrected chi connectivity index (χ2v) is 10.7. The average Bonchev–Trinajstić information content (AvgIpc) is 2.82. The molecule has 0 bridgehead atoms. The average molecular weight is 468 g/mol. The molecule has 7 heteroatoms. The van der Waals surface area contributed by atoms with Crippen molar-refractivity contribution in [3.8, 4) is 0 Å². The number of rotatable bonds is 7. The van der Waals surface area contributed by atoms with E-state index in [4.69, 9.17) is 0 Å². The first-order valence-corrected chi connectivity index (χ1v) is 12.5. The van der Waals surface area contributed by atoms with Crippen LogP contribution in [0.15, 0.2) is 60.7 Å². The predicted octanol–water partition coefficient (Wildman–Crippen LogP) is 2.02. The molecule has 0 radical (unpaired) electrons. The van der Waals surface area contributed by atoms with E-state index in [0.29, 0.717) is 43.3 Å². The maximum atomic E-state index is 13.1. The minimum Gasteiger partial charge on any atom is -0.351 e. The van der Waals surface area contributed by atoms with Crippen LogP contribution in [0.2, 0.25) is 0 Å². The summed E-state index contributed by atoms with van der Waals surface area (Å²) in [6.07, 6.45) is 7.03. The Balaban J connectivity index is 1.84. The Bertz CT molecular complexity index is 1210. The zero-order valence-electron chi connectivity index (χ0n) is 19.6. The summed E-state index contributed by atoms with van der Waals surface area (Å²) < 4.78 is 28.0. The quantitative estimate of drug-likeness (QED) is 0.677. The van der Waals surface area contributed by atoms with E-state index in [1.54, 1.807) is 20.2 Å². The van der Waals surface area contributed by atoms with Crippen LogP contribution in [0.25, 0.3) is 12.7 Å². The molecular weight excluding hydrogens is 434 g/mol. The van der Waals surface area contributed by atoms with Gasteiger partial charge in [0, 0.05) is 44.7 Å². The normalized spacial score (nSPS) is 17.5. The second-order valence-electron chi connectivity index (χ2n) is 8.58. The van der Waals surface area contributed by atoms with Crippen molar-refractivity contribution in [3.05, 3.63) is 82.2 Å². The van der Waals surface area contributed by atoms with Gasteiger partial charge in [-0.15, -0.1) is 0 Å². The fourth-order valence-electron chi connectivity index (χ4n) is 4.25. The lowest BCUT2D eigenvalue weighted by atomic mass is 9.73. The molecule has 2 aromatic rings. The van der Waals surface area contributed by atoms with Crippen molar-refractivity contribution in [2.75, 3.05) is 33.7 Å². The van der Waals surface area contributed by atoms with Crippen LogP contribution in [-0.2, 0) is 15.6 Å². The van der Waals surface area contributed by atoms with Crippen LogP contribution in [0.5, 0.6) is 0 Å². The van der Waals surface area contributed by atoms with E-state index in [1.165, 1.54) is 8.61 Å². The first-order chi connectivity index (χ1) is 15.7. The second kappa shape index (κ2) is 10.5. The van der Waals surface area contributed by atoms with Gasteiger partial charge in [-0.05, 0) is 41.8 Å². The lowest BCUT2D eigenvalue weighted by molar-refractivity contribution is 0.0931. The van der Waals surface area contributed by atoms with E-state index in [-0.39, 0.29) is 11.3 Å². The minimum atomic E-state index is -3.46. The van der Waals surface area contributed by atoms with Crippen LogP contribution in [0.4, 0.5) is 0 Å². The zero-order chi connectivity index (χ0) is 24.1. The fraction of sp³-hybridized carbons (Fsp3) is 0.346. The predicted molar refractivity (Wildman–Crippen MR) is 134 cm³/mol. The van der Waals surface area contributed by atoms with Gasteiger partial charge in [0.15, 0.2) is 0 Å². The third kappa shape index (κ3) is 5.43. The van der Waals surface area contributed by atoms with Crippen molar-refractivity contribution in [1.82, 2.24) is 13.9 Å². The Labute approximate surface area is 197 Å². The summed E-state index contributed by atoms with van der Waals surface area (Å²) in [5.41, 5.74) is 1.31. The summed E-state index contributed by atoms with van der Waals surface area (Å²) in [4.78, 5) is 13.1. The fourth-order valence-corrected chi connectivity index (χ4v) is 5.36. The number of benzene rings is 2. The van der Waals surface area contributed by atoms with Crippen LogP contribution in [-0.4, -0.2) is 56.7 Å². The minimum absolute atomic E-state index is 0.172. The summed E-state index contributed by atoms with van der Waals surface area (Å²) in [5, 5.41) is 4.71. The molecule has 33 heavy (non-hydrogen) atoms. The van der Waals surface area contributed by atoms with Gasteiger partial charge < -0.3 is 5.32 Å². The van der Waals surface area contributed by atoms with E-state index in [9.17, 15) is 13.2 Å². The number of hydrogen-bond donors (Lipinski definition) is 1. The standard InChI is InChI=1S/C26H33N3O3S/c1-5-6-11-22-12-10-15-24(21(22)2)25(30)27-20-26(23-13-8-7-9-14-23)16-18-29(19-17-26)33(31,32)28(3)4/h5-15H,2,16-20H2,1,3-4H3,(H,27,30)/b6-5-,22-11-. The number of carbonyl (C=O) groups is 1. The molecule has 0 spiro atoms. The first-order valence-electron chi connectivity index (χ1n) is 11.1. The molecular formula is C26H33N3O3S. The molecule has 2 aromatic carbocycles. The Kier molecular flexibility index (Phi) is 7.89. The van der Waals surface area contributed by atoms with Gasteiger partial charge in [0.05, 0.1) is 0 Å². The maximum Gasteiger partial charge on any atom is 0.281 e. The van der Waals surface area contributed by atoms with E-state index < -0.39 is 10.2 Å². The molecule has 0 saturated carbocycles. The van der Waals surface area contributed by atoms with E-state index in [1.807, 2.05) is 55.5 Å². The molecule has 1 saturated heterocycles. The van der Waals surface area contributed by atoms with Crippen LogP contribution >= 0.6 is 0 Å². The molecule has 6 nitrogen and oxygen atoms in total. The summed E-state index contributed by atoms with van der Waals surface area (Å²) in [6.45, 7) is 7.28. The molecule has 3 rings (SSSR count). The Morgan fingerprint density at radius 2 is 1.79 bits per heavy atom. The van der Waals surface area contributed by atoms with Crippen molar-refractivity contribution in [2.24, 2.45) is 0 Å². The van der Waals surface area contributed by atoms with Gasteiger partial charge in [0.1, 0.15) is 0 Å². The van der Waals surface area contributed by atoms with Gasteiger partial charge in [-0.3, -0.25) is 4.79 Å². The first kappa shape index (κ1) is 24.9. The molecule has 1 fully saturated rings. The smallest absolute Gasteiger partial charge is 0.281 e. The Morgan fingerprint density at radius 3 is 2.39 bits per heavy atom. The van der Waals surface area contributed by atoms with Crippen molar-refractivity contribution >= 4 is 28.8 Å². The Hall–Kier alpha value is -2.74. The van der Waals surface area contributed by atoms with Gasteiger partial charge >= 0.3 is 0 Å². The highest BCUT2D eigenvalue weighted by Crippen LogP contribution is 2.36. The molecule has 1 aliphatic heterocycles. The largest absolute Gasteiger partial charge is 0.351 e. The maximum absolute atomic E-state index is 13.1. The highest BCUT2D eigenvalue weighted by atomic mass is 32.2. The van der Waals surface area contributed by atoms with Crippen LogP contribution in [0.1, 0.15) is 35.7 Å². The third-order valence-corrected chi connectivity index (χ3v) is 8.31. The van der Waals surface area contributed by atoms with Crippen LogP contribution in [0.3, 0.4) is 0 Å².